The molecule has 0 saturated carbocycles. The summed E-state index contributed by atoms with van der Waals surface area (Å²) < 4.78 is 6.57. The molecule has 0 spiro atoms. The first kappa shape index (κ1) is 14.3. The van der Waals surface area contributed by atoms with Crippen molar-refractivity contribution in [3.8, 4) is 5.75 Å². The van der Waals surface area contributed by atoms with E-state index in [1.165, 1.54) is 18.0 Å². The molecule has 1 aromatic heterocycles. The van der Waals surface area contributed by atoms with Gasteiger partial charge in [-0.05, 0) is 18.2 Å². The molecule has 2 heterocycles. The summed E-state index contributed by atoms with van der Waals surface area (Å²) in [6.07, 6.45) is 1.42. The predicted molar refractivity (Wildman–Crippen MR) is 78.9 cm³/mol. The lowest BCUT2D eigenvalue weighted by Gasteiger charge is -2.23. The molecule has 1 aromatic carbocycles. The van der Waals surface area contributed by atoms with Crippen molar-refractivity contribution in [1.82, 2.24) is 14.8 Å². The highest BCUT2D eigenvalue weighted by Gasteiger charge is 2.31. The molecule has 0 aliphatic carbocycles. The molecule has 114 valence electrons. The molecule has 9 heteroatoms. The van der Waals surface area contributed by atoms with E-state index >= 15 is 0 Å². The Balaban J connectivity index is 1.81. The van der Waals surface area contributed by atoms with Gasteiger partial charge in [-0.2, -0.15) is 0 Å². The molecule has 0 fully saturated rings. The molecule has 1 atom stereocenters. The molecule has 0 unspecified atom stereocenters. The Kier molecular flexibility index (Phi) is 3.68. The lowest BCUT2D eigenvalue weighted by Crippen LogP contribution is -2.35. The highest BCUT2D eigenvalue weighted by Crippen LogP contribution is 2.28. The van der Waals surface area contributed by atoms with Gasteiger partial charge in [-0.3, -0.25) is 19.5 Å². The maximum absolute atomic E-state index is 12.4. The standard InChI is InChI=1S/C13H12ClN5O3/c1-22-10-3-2-7(4-8(10)14)16-12(21)9-5-11(20)17-13-18-15-6-19(9)13/h2-4,6,9H,5H2,1H3,(H,16,21)(H,17,18,20)/t9-/m0/s1. The van der Waals surface area contributed by atoms with Crippen LogP contribution in [-0.4, -0.2) is 33.7 Å². The van der Waals surface area contributed by atoms with Gasteiger partial charge in [0.05, 0.1) is 18.6 Å². The van der Waals surface area contributed by atoms with Gasteiger partial charge >= 0.3 is 0 Å². The highest BCUT2D eigenvalue weighted by molar-refractivity contribution is 6.32. The number of nitrogens with zero attached hydrogens (tertiary/aromatic N) is 3. The number of amides is 2. The van der Waals surface area contributed by atoms with E-state index < -0.39 is 6.04 Å². The van der Waals surface area contributed by atoms with Crippen molar-refractivity contribution in [3.05, 3.63) is 29.5 Å². The zero-order valence-electron chi connectivity index (χ0n) is 11.5. The second-order valence-corrected chi connectivity index (χ2v) is 5.08. The van der Waals surface area contributed by atoms with Gasteiger partial charge < -0.3 is 10.1 Å². The second-order valence-electron chi connectivity index (χ2n) is 4.67. The average molecular weight is 322 g/mol. The van der Waals surface area contributed by atoms with Crippen LogP contribution in [0.4, 0.5) is 11.6 Å². The molecule has 1 aliphatic heterocycles. The normalized spacial score (nSPS) is 16.6. The first-order valence-electron chi connectivity index (χ1n) is 6.42. The van der Waals surface area contributed by atoms with E-state index in [9.17, 15) is 9.59 Å². The molecule has 1 aliphatic rings. The van der Waals surface area contributed by atoms with E-state index in [1.54, 1.807) is 18.2 Å². The van der Waals surface area contributed by atoms with Gasteiger partial charge in [-0.25, -0.2) is 0 Å². The van der Waals surface area contributed by atoms with Crippen LogP contribution < -0.4 is 15.4 Å². The summed E-state index contributed by atoms with van der Waals surface area (Å²) in [5, 5.41) is 13.1. The summed E-state index contributed by atoms with van der Waals surface area (Å²) in [4.78, 5) is 24.0. The molecular weight excluding hydrogens is 310 g/mol. The summed E-state index contributed by atoms with van der Waals surface area (Å²) >= 11 is 6.02. The van der Waals surface area contributed by atoms with Crippen LogP contribution in [0.3, 0.4) is 0 Å². The Bertz CT molecular complexity index is 745. The van der Waals surface area contributed by atoms with Crippen molar-refractivity contribution >= 4 is 35.1 Å². The summed E-state index contributed by atoms with van der Waals surface area (Å²) in [5.41, 5.74) is 0.511. The topological polar surface area (TPSA) is 98.1 Å². The van der Waals surface area contributed by atoms with Crippen LogP contribution >= 0.6 is 11.6 Å². The van der Waals surface area contributed by atoms with E-state index in [4.69, 9.17) is 16.3 Å². The van der Waals surface area contributed by atoms with Gasteiger partial charge in [0.2, 0.25) is 17.8 Å². The number of nitrogens with one attached hydrogen (secondary N) is 2. The first-order valence-corrected chi connectivity index (χ1v) is 6.80. The molecule has 2 amide bonds. The molecule has 0 radical (unpaired) electrons. The molecule has 22 heavy (non-hydrogen) atoms. The average Bonchev–Trinajstić information content (AvgIpc) is 2.94. The van der Waals surface area contributed by atoms with Crippen LogP contribution in [0.1, 0.15) is 12.5 Å². The summed E-state index contributed by atoms with van der Waals surface area (Å²) in [7, 11) is 1.51. The fourth-order valence-corrected chi connectivity index (χ4v) is 2.46. The lowest BCUT2D eigenvalue weighted by molar-refractivity contribution is -0.125. The third-order valence-electron chi connectivity index (χ3n) is 3.26. The van der Waals surface area contributed by atoms with Gasteiger partial charge in [0, 0.05) is 5.69 Å². The minimum Gasteiger partial charge on any atom is -0.495 e. The van der Waals surface area contributed by atoms with Crippen molar-refractivity contribution < 1.29 is 14.3 Å². The quantitative estimate of drug-likeness (QED) is 0.892. The zero-order valence-corrected chi connectivity index (χ0v) is 12.3. The number of anilines is 2. The van der Waals surface area contributed by atoms with Crippen LogP contribution in [0.2, 0.25) is 5.02 Å². The molecular formula is C13H12ClN5O3. The van der Waals surface area contributed by atoms with Crippen LogP contribution in [0.25, 0.3) is 0 Å². The number of halogens is 1. The smallest absolute Gasteiger partial charge is 0.248 e. The van der Waals surface area contributed by atoms with Crippen LogP contribution in [-0.2, 0) is 9.59 Å². The molecule has 0 bridgehead atoms. The van der Waals surface area contributed by atoms with E-state index in [-0.39, 0.29) is 24.2 Å². The first-order chi connectivity index (χ1) is 10.6. The van der Waals surface area contributed by atoms with Gasteiger partial charge in [-0.1, -0.05) is 11.6 Å². The van der Waals surface area contributed by atoms with Crippen LogP contribution in [0, 0.1) is 0 Å². The SMILES string of the molecule is COc1ccc(NC(=O)[C@@H]2CC(=O)Nc3nncn32)cc1Cl. The van der Waals surface area contributed by atoms with Crippen molar-refractivity contribution in [2.45, 2.75) is 12.5 Å². The maximum Gasteiger partial charge on any atom is 0.248 e. The Hall–Kier alpha value is -2.61. The minimum absolute atomic E-state index is 0.0146. The van der Waals surface area contributed by atoms with Gasteiger partial charge in [0.15, 0.2) is 0 Å². The highest BCUT2D eigenvalue weighted by atomic mass is 35.5. The van der Waals surface area contributed by atoms with Gasteiger partial charge in [0.25, 0.3) is 0 Å². The Morgan fingerprint density at radius 3 is 3.09 bits per heavy atom. The monoisotopic (exact) mass is 321 g/mol. The summed E-state index contributed by atoms with van der Waals surface area (Å²) in [5.74, 6) is 0.132. The predicted octanol–water partition coefficient (Wildman–Crippen LogP) is 1.46. The number of hydrogen-bond donors (Lipinski definition) is 2. The van der Waals surface area contributed by atoms with Gasteiger partial charge in [0.1, 0.15) is 18.1 Å². The number of ether oxygens (including phenoxy) is 1. The third kappa shape index (κ3) is 2.60. The summed E-state index contributed by atoms with van der Waals surface area (Å²) in [6, 6.07) is 4.18. The number of methoxy groups -OCH3 is 1. The molecule has 0 saturated heterocycles. The second kappa shape index (κ2) is 5.64. The number of fused-ring (bicyclic) bond motifs is 1. The molecule has 2 N–H and O–H groups in total. The minimum atomic E-state index is -0.709. The maximum atomic E-state index is 12.4. The van der Waals surface area contributed by atoms with E-state index in [1.807, 2.05) is 0 Å². The Morgan fingerprint density at radius 1 is 1.55 bits per heavy atom. The fraction of sp³-hybridized carbons (Fsp3) is 0.231. The van der Waals surface area contributed by atoms with Gasteiger partial charge in [-0.15, -0.1) is 10.2 Å². The number of carbonyl (C=O) groups excluding carboxylic acids is 2. The summed E-state index contributed by atoms with van der Waals surface area (Å²) in [6.45, 7) is 0. The molecule has 2 aromatic rings. The Labute approximate surface area is 130 Å². The number of hydrogen-bond acceptors (Lipinski definition) is 5. The molecule has 8 nitrogen and oxygen atoms in total. The largest absolute Gasteiger partial charge is 0.495 e. The van der Waals surface area contributed by atoms with Crippen LogP contribution in [0.15, 0.2) is 24.5 Å². The lowest BCUT2D eigenvalue weighted by atomic mass is 10.1. The number of rotatable bonds is 3. The van der Waals surface area contributed by atoms with Crippen molar-refractivity contribution in [2.24, 2.45) is 0 Å². The van der Waals surface area contributed by atoms with E-state index in [0.717, 1.165) is 0 Å². The van der Waals surface area contributed by atoms with Crippen molar-refractivity contribution in [3.63, 3.8) is 0 Å². The van der Waals surface area contributed by atoms with Crippen LogP contribution in [0.5, 0.6) is 5.75 Å². The Morgan fingerprint density at radius 2 is 2.36 bits per heavy atom. The number of benzene rings is 1. The van der Waals surface area contributed by atoms with E-state index in [2.05, 4.69) is 20.8 Å². The zero-order chi connectivity index (χ0) is 15.7. The number of aromatic nitrogens is 3. The van der Waals surface area contributed by atoms with Crippen molar-refractivity contribution in [1.29, 1.82) is 0 Å². The van der Waals surface area contributed by atoms with Crippen molar-refractivity contribution in [2.75, 3.05) is 17.7 Å². The fourth-order valence-electron chi connectivity index (χ4n) is 2.20. The molecule has 3 rings (SSSR count). The number of carbonyl (C=O) groups is 2. The van der Waals surface area contributed by atoms with E-state index in [0.29, 0.717) is 16.5 Å². The third-order valence-corrected chi connectivity index (χ3v) is 3.56.